The summed E-state index contributed by atoms with van der Waals surface area (Å²) in [6, 6.07) is 0. The largest absolute Gasteiger partial charge is 0.315 e. The van der Waals surface area contributed by atoms with E-state index < -0.39 is 0 Å². The molecule has 0 aliphatic carbocycles. The van der Waals surface area contributed by atoms with Crippen molar-refractivity contribution in [3.05, 3.63) is 23.1 Å². The van der Waals surface area contributed by atoms with Gasteiger partial charge in [0.05, 0.1) is 18.3 Å². The van der Waals surface area contributed by atoms with Crippen LogP contribution in [0.2, 0.25) is 0 Å². The molecule has 1 amide bonds. The van der Waals surface area contributed by atoms with Crippen molar-refractivity contribution in [2.75, 3.05) is 5.32 Å². The van der Waals surface area contributed by atoms with Crippen molar-refractivity contribution >= 4 is 22.4 Å². The monoisotopic (exact) mass is 251 g/mol. The number of rotatable bonds is 3. The highest BCUT2D eigenvalue weighted by molar-refractivity contribution is 7.10. The second-order valence-corrected chi connectivity index (χ2v) is 4.57. The molecule has 0 aromatic carbocycles. The number of aryl methyl sites for hydroxylation is 2. The fourth-order valence-corrected chi connectivity index (χ4v) is 2.07. The number of nitrogens with one attached hydrogen (secondary N) is 1. The molecule has 90 valence electrons. The van der Waals surface area contributed by atoms with Crippen molar-refractivity contribution in [1.82, 2.24) is 19.4 Å². The summed E-state index contributed by atoms with van der Waals surface area (Å²) >= 11 is 1.16. The minimum atomic E-state index is -0.0738. The van der Waals surface area contributed by atoms with Gasteiger partial charge >= 0.3 is 0 Å². The third kappa shape index (κ3) is 2.50. The molecule has 17 heavy (non-hydrogen) atoms. The summed E-state index contributed by atoms with van der Waals surface area (Å²) in [5, 5.41) is 11.3. The Morgan fingerprint density at radius 1 is 1.53 bits per heavy atom. The minimum absolute atomic E-state index is 0.0738. The summed E-state index contributed by atoms with van der Waals surface area (Å²) in [7, 11) is 1.87. The first-order valence-electron chi connectivity index (χ1n) is 5.14. The molecule has 2 heterocycles. The van der Waals surface area contributed by atoms with Crippen LogP contribution in [0.15, 0.2) is 6.20 Å². The van der Waals surface area contributed by atoms with Gasteiger partial charge in [0, 0.05) is 29.8 Å². The van der Waals surface area contributed by atoms with Crippen LogP contribution in [-0.2, 0) is 18.3 Å². The van der Waals surface area contributed by atoms with Gasteiger partial charge in [-0.05, 0) is 13.8 Å². The van der Waals surface area contributed by atoms with E-state index in [1.54, 1.807) is 4.68 Å². The van der Waals surface area contributed by atoms with E-state index in [2.05, 4.69) is 20.0 Å². The number of aromatic nitrogens is 4. The molecule has 2 rings (SSSR count). The molecule has 0 aliphatic heterocycles. The van der Waals surface area contributed by atoms with Gasteiger partial charge < -0.3 is 5.32 Å². The molecular formula is C10H13N5OS. The Kier molecular flexibility index (Phi) is 3.19. The molecule has 0 fully saturated rings. The highest BCUT2D eigenvalue weighted by Crippen LogP contribution is 2.14. The van der Waals surface area contributed by atoms with Crippen LogP contribution in [0.3, 0.4) is 0 Å². The first-order chi connectivity index (χ1) is 8.08. The van der Waals surface area contributed by atoms with E-state index in [9.17, 15) is 4.79 Å². The Labute approximate surface area is 103 Å². The Bertz CT molecular complexity index is 531. The average Bonchev–Trinajstić information content (AvgIpc) is 2.83. The second-order valence-electron chi connectivity index (χ2n) is 3.78. The van der Waals surface area contributed by atoms with Crippen molar-refractivity contribution in [1.29, 1.82) is 0 Å². The molecule has 1 N–H and O–H groups in total. The lowest BCUT2D eigenvalue weighted by Gasteiger charge is -2.02. The predicted octanol–water partition coefficient (Wildman–Crippen LogP) is 1.07. The zero-order valence-corrected chi connectivity index (χ0v) is 10.7. The molecule has 0 saturated carbocycles. The lowest BCUT2D eigenvalue weighted by Crippen LogP contribution is -2.14. The summed E-state index contributed by atoms with van der Waals surface area (Å²) in [5.74, 6) is -0.0738. The SMILES string of the molecule is Cc1nn(C)c(C)c1CC(=O)Nc1cnns1. The standard InChI is InChI=1S/C10H13N5OS/c1-6-8(7(2)15(3)13-6)4-9(16)12-10-5-11-14-17-10/h5H,4H2,1-3H3,(H,12,16). The van der Waals surface area contributed by atoms with E-state index in [0.29, 0.717) is 11.4 Å². The molecular weight excluding hydrogens is 238 g/mol. The van der Waals surface area contributed by atoms with Gasteiger partial charge in [0.15, 0.2) is 0 Å². The first kappa shape index (κ1) is 11.7. The third-order valence-electron chi connectivity index (χ3n) is 2.62. The lowest BCUT2D eigenvalue weighted by atomic mass is 10.1. The fraction of sp³-hybridized carbons (Fsp3) is 0.400. The van der Waals surface area contributed by atoms with E-state index in [4.69, 9.17) is 0 Å². The Hall–Kier alpha value is -1.76. The van der Waals surface area contributed by atoms with E-state index in [1.807, 2.05) is 20.9 Å². The Morgan fingerprint density at radius 2 is 2.29 bits per heavy atom. The number of hydrogen-bond acceptors (Lipinski definition) is 5. The van der Waals surface area contributed by atoms with Gasteiger partial charge in [-0.3, -0.25) is 9.48 Å². The van der Waals surface area contributed by atoms with Gasteiger partial charge in [-0.2, -0.15) is 5.10 Å². The number of anilines is 1. The second kappa shape index (κ2) is 4.62. The maximum absolute atomic E-state index is 11.8. The van der Waals surface area contributed by atoms with Gasteiger partial charge in [-0.1, -0.05) is 4.49 Å². The van der Waals surface area contributed by atoms with Crippen LogP contribution in [0.5, 0.6) is 0 Å². The van der Waals surface area contributed by atoms with Crippen LogP contribution < -0.4 is 5.32 Å². The van der Waals surface area contributed by atoms with Crippen LogP contribution in [-0.4, -0.2) is 25.3 Å². The molecule has 0 saturated heterocycles. The first-order valence-corrected chi connectivity index (χ1v) is 5.91. The smallest absolute Gasteiger partial charge is 0.229 e. The van der Waals surface area contributed by atoms with E-state index in [0.717, 1.165) is 28.5 Å². The summed E-state index contributed by atoms with van der Waals surface area (Å²) < 4.78 is 5.47. The number of amides is 1. The summed E-state index contributed by atoms with van der Waals surface area (Å²) in [6.07, 6.45) is 1.86. The number of carbonyl (C=O) groups is 1. The van der Waals surface area contributed by atoms with Crippen LogP contribution in [0, 0.1) is 13.8 Å². The molecule has 0 aliphatic rings. The van der Waals surface area contributed by atoms with Gasteiger partial charge in [0.25, 0.3) is 0 Å². The molecule has 0 atom stereocenters. The zero-order valence-electron chi connectivity index (χ0n) is 9.89. The molecule has 0 bridgehead atoms. The van der Waals surface area contributed by atoms with Gasteiger partial charge in [0.2, 0.25) is 5.91 Å². The van der Waals surface area contributed by atoms with Crippen molar-refractivity contribution in [3.63, 3.8) is 0 Å². The van der Waals surface area contributed by atoms with Crippen molar-refractivity contribution in [2.24, 2.45) is 7.05 Å². The van der Waals surface area contributed by atoms with Crippen LogP contribution >= 0.6 is 11.5 Å². The maximum Gasteiger partial charge on any atom is 0.229 e. The van der Waals surface area contributed by atoms with Crippen LogP contribution in [0.4, 0.5) is 5.00 Å². The predicted molar refractivity (Wildman–Crippen MR) is 64.9 cm³/mol. The number of hydrogen-bond donors (Lipinski definition) is 1. The fourth-order valence-electron chi connectivity index (χ4n) is 1.64. The molecule has 0 unspecified atom stereocenters. The molecule has 0 spiro atoms. The quantitative estimate of drug-likeness (QED) is 0.885. The van der Waals surface area contributed by atoms with Crippen LogP contribution in [0.25, 0.3) is 0 Å². The topological polar surface area (TPSA) is 72.7 Å². The molecule has 0 radical (unpaired) electrons. The average molecular weight is 251 g/mol. The highest BCUT2D eigenvalue weighted by atomic mass is 32.1. The highest BCUT2D eigenvalue weighted by Gasteiger charge is 2.13. The minimum Gasteiger partial charge on any atom is -0.315 e. The normalized spacial score (nSPS) is 10.5. The van der Waals surface area contributed by atoms with Crippen molar-refractivity contribution in [2.45, 2.75) is 20.3 Å². The van der Waals surface area contributed by atoms with E-state index in [-0.39, 0.29) is 5.91 Å². The Morgan fingerprint density at radius 3 is 2.82 bits per heavy atom. The molecule has 6 nitrogen and oxygen atoms in total. The van der Waals surface area contributed by atoms with Crippen molar-refractivity contribution < 1.29 is 4.79 Å². The Balaban J connectivity index is 2.08. The van der Waals surface area contributed by atoms with E-state index >= 15 is 0 Å². The van der Waals surface area contributed by atoms with Gasteiger partial charge in [0.1, 0.15) is 5.00 Å². The number of carbonyl (C=O) groups excluding carboxylic acids is 1. The lowest BCUT2D eigenvalue weighted by molar-refractivity contribution is -0.115. The number of nitrogens with zero attached hydrogens (tertiary/aromatic N) is 4. The van der Waals surface area contributed by atoms with Crippen molar-refractivity contribution in [3.8, 4) is 0 Å². The third-order valence-corrected chi connectivity index (χ3v) is 3.20. The van der Waals surface area contributed by atoms with Gasteiger partial charge in [-0.15, -0.1) is 5.10 Å². The maximum atomic E-state index is 11.8. The molecule has 2 aromatic rings. The summed E-state index contributed by atoms with van der Waals surface area (Å²) in [4.78, 5) is 11.8. The zero-order chi connectivity index (χ0) is 12.4. The van der Waals surface area contributed by atoms with Crippen LogP contribution in [0.1, 0.15) is 17.0 Å². The van der Waals surface area contributed by atoms with E-state index in [1.165, 1.54) is 6.20 Å². The summed E-state index contributed by atoms with van der Waals surface area (Å²) in [5.41, 5.74) is 2.88. The molecule has 7 heteroatoms. The molecule has 2 aromatic heterocycles. The van der Waals surface area contributed by atoms with Gasteiger partial charge in [-0.25, -0.2) is 0 Å². The summed E-state index contributed by atoms with van der Waals surface area (Å²) in [6.45, 7) is 3.86.